The minimum Gasteiger partial charge on any atom is -0.464 e. The minimum absolute atomic E-state index is 0.348. The first-order valence-electron chi connectivity index (χ1n) is 5.49. The number of methoxy groups -OCH3 is 1. The number of aromatic nitrogens is 2. The Balaban J connectivity index is 2.27. The molecule has 0 radical (unpaired) electrons. The van der Waals surface area contributed by atoms with Gasteiger partial charge in [-0.25, -0.2) is 4.79 Å². The number of thiol groups is 1. The van der Waals surface area contributed by atoms with Gasteiger partial charge in [0.05, 0.1) is 17.5 Å². The molecule has 92 valence electrons. The maximum atomic E-state index is 11.8. The standard InChI is InChI=1S/C13H12N2O2S/c1-17-13(16)11-12(18-7-2-3-8-18)10-9(15-11)5-4-6-14-10/h2-8,15,18H,1H3. The van der Waals surface area contributed by atoms with E-state index in [0.29, 0.717) is 5.69 Å². The predicted molar refractivity (Wildman–Crippen MR) is 73.0 cm³/mol. The summed E-state index contributed by atoms with van der Waals surface area (Å²) in [6.07, 6.45) is 5.72. The summed E-state index contributed by atoms with van der Waals surface area (Å²) >= 11 is 0. The van der Waals surface area contributed by atoms with Crippen molar-refractivity contribution in [1.29, 1.82) is 0 Å². The van der Waals surface area contributed by atoms with E-state index < -0.39 is 10.9 Å². The van der Waals surface area contributed by atoms with E-state index in [1.807, 2.05) is 24.3 Å². The fourth-order valence-electron chi connectivity index (χ4n) is 1.99. The molecule has 0 aromatic carbocycles. The first-order valence-corrected chi connectivity index (χ1v) is 6.97. The molecule has 0 atom stereocenters. The monoisotopic (exact) mass is 260 g/mol. The number of aromatic amines is 1. The van der Waals surface area contributed by atoms with Crippen LogP contribution in [0.1, 0.15) is 10.5 Å². The van der Waals surface area contributed by atoms with E-state index in [2.05, 4.69) is 20.8 Å². The molecule has 4 nitrogen and oxygen atoms in total. The predicted octanol–water partition coefficient (Wildman–Crippen LogP) is 2.75. The van der Waals surface area contributed by atoms with Gasteiger partial charge in [-0.3, -0.25) is 4.98 Å². The number of H-pyrrole nitrogens is 1. The average molecular weight is 260 g/mol. The maximum Gasteiger partial charge on any atom is 0.355 e. The van der Waals surface area contributed by atoms with Crippen LogP contribution in [0.5, 0.6) is 0 Å². The molecule has 0 saturated carbocycles. The van der Waals surface area contributed by atoms with Gasteiger partial charge in [-0.2, -0.15) is 10.9 Å². The Labute approximate surface area is 107 Å². The molecule has 1 N–H and O–H groups in total. The average Bonchev–Trinajstić information content (AvgIpc) is 3.03. The SMILES string of the molecule is COC(=O)c1[nH]c2cccnc2c1[SH]1C=CC=C1. The quantitative estimate of drug-likeness (QED) is 0.645. The van der Waals surface area contributed by atoms with Crippen LogP contribution in [0.3, 0.4) is 0 Å². The third-order valence-electron chi connectivity index (χ3n) is 2.78. The number of nitrogens with one attached hydrogen (secondary N) is 1. The van der Waals surface area contributed by atoms with Gasteiger partial charge in [-0.1, -0.05) is 12.2 Å². The molecule has 2 aromatic heterocycles. The van der Waals surface area contributed by atoms with Crippen molar-refractivity contribution in [3.8, 4) is 0 Å². The minimum atomic E-state index is -0.618. The summed E-state index contributed by atoms with van der Waals surface area (Å²) in [6.45, 7) is 0. The zero-order chi connectivity index (χ0) is 12.5. The van der Waals surface area contributed by atoms with Crippen molar-refractivity contribution in [1.82, 2.24) is 9.97 Å². The van der Waals surface area contributed by atoms with Crippen molar-refractivity contribution in [2.45, 2.75) is 4.90 Å². The van der Waals surface area contributed by atoms with Crippen LogP contribution in [0.15, 0.2) is 46.2 Å². The van der Waals surface area contributed by atoms with Crippen LogP contribution in [-0.2, 0) is 4.74 Å². The van der Waals surface area contributed by atoms with Crippen LogP contribution >= 0.6 is 10.9 Å². The van der Waals surface area contributed by atoms with Crippen molar-refractivity contribution in [3.05, 3.63) is 47.0 Å². The second-order valence-corrected chi connectivity index (χ2v) is 5.69. The number of hydrogen-bond donors (Lipinski definition) is 2. The smallest absolute Gasteiger partial charge is 0.355 e. The van der Waals surface area contributed by atoms with Gasteiger partial charge in [-0.15, -0.1) is 0 Å². The molecule has 18 heavy (non-hydrogen) atoms. The van der Waals surface area contributed by atoms with Crippen LogP contribution in [-0.4, -0.2) is 23.0 Å². The molecule has 0 fully saturated rings. The number of esters is 1. The van der Waals surface area contributed by atoms with Gasteiger partial charge in [0.2, 0.25) is 0 Å². The van der Waals surface area contributed by atoms with Crippen LogP contribution in [0.4, 0.5) is 0 Å². The number of ether oxygens (including phenoxy) is 1. The summed E-state index contributed by atoms with van der Waals surface area (Å²) in [5, 5.41) is 4.19. The maximum absolute atomic E-state index is 11.8. The van der Waals surface area contributed by atoms with E-state index in [1.54, 1.807) is 6.20 Å². The van der Waals surface area contributed by atoms with Crippen LogP contribution in [0.25, 0.3) is 11.0 Å². The Morgan fingerprint density at radius 3 is 2.89 bits per heavy atom. The number of carbonyl (C=O) groups is 1. The van der Waals surface area contributed by atoms with E-state index in [0.717, 1.165) is 15.9 Å². The fraction of sp³-hybridized carbons (Fsp3) is 0.0769. The summed E-state index contributed by atoms with van der Waals surface area (Å²) in [6, 6.07) is 3.76. The molecule has 5 heteroatoms. The molecule has 3 heterocycles. The Morgan fingerprint density at radius 2 is 2.17 bits per heavy atom. The van der Waals surface area contributed by atoms with Crippen molar-refractivity contribution in [2.24, 2.45) is 0 Å². The molecular formula is C13H12N2O2S. The fourth-order valence-corrected chi connectivity index (χ4v) is 3.79. The lowest BCUT2D eigenvalue weighted by Gasteiger charge is -2.10. The summed E-state index contributed by atoms with van der Waals surface area (Å²) in [4.78, 5) is 20.3. The number of nitrogens with zero attached hydrogens (tertiary/aromatic N) is 1. The highest BCUT2D eigenvalue weighted by Crippen LogP contribution is 2.47. The van der Waals surface area contributed by atoms with Crippen LogP contribution in [0.2, 0.25) is 0 Å². The third-order valence-corrected chi connectivity index (χ3v) is 4.72. The second kappa shape index (κ2) is 4.34. The number of rotatable bonds is 2. The van der Waals surface area contributed by atoms with Crippen LogP contribution in [0, 0.1) is 0 Å². The van der Waals surface area contributed by atoms with Crippen molar-refractivity contribution >= 4 is 27.9 Å². The highest BCUT2D eigenvalue weighted by molar-refractivity contribution is 8.22. The van der Waals surface area contributed by atoms with E-state index in [-0.39, 0.29) is 5.97 Å². The first-order chi connectivity index (χ1) is 8.81. The zero-order valence-electron chi connectivity index (χ0n) is 9.75. The Hall–Kier alpha value is -2.01. The Morgan fingerprint density at radius 1 is 1.39 bits per heavy atom. The summed E-state index contributed by atoms with van der Waals surface area (Å²) in [7, 11) is 0.770. The molecule has 1 aliphatic rings. The molecule has 2 aromatic rings. The molecule has 0 unspecified atom stereocenters. The Kier molecular flexibility index (Phi) is 2.68. The lowest BCUT2D eigenvalue weighted by Crippen LogP contribution is -2.03. The number of fused-ring (bicyclic) bond motifs is 1. The lowest BCUT2D eigenvalue weighted by atomic mass is 10.3. The first kappa shape index (κ1) is 11.1. The van der Waals surface area contributed by atoms with Gasteiger partial charge in [0.1, 0.15) is 11.2 Å². The molecule has 3 rings (SSSR count). The largest absolute Gasteiger partial charge is 0.464 e. The highest BCUT2D eigenvalue weighted by atomic mass is 32.2. The highest BCUT2D eigenvalue weighted by Gasteiger charge is 2.22. The number of carbonyl (C=O) groups excluding carboxylic acids is 1. The van der Waals surface area contributed by atoms with Gasteiger partial charge < -0.3 is 9.72 Å². The molecule has 0 saturated heterocycles. The molecule has 0 bridgehead atoms. The van der Waals surface area contributed by atoms with Gasteiger partial charge in [0.25, 0.3) is 0 Å². The lowest BCUT2D eigenvalue weighted by molar-refractivity contribution is 0.0591. The second-order valence-electron chi connectivity index (χ2n) is 3.83. The summed E-state index contributed by atoms with van der Waals surface area (Å²) in [5.41, 5.74) is 2.22. The van der Waals surface area contributed by atoms with Gasteiger partial charge in [0.15, 0.2) is 0 Å². The number of pyridine rings is 1. The molecular weight excluding hydrogens is 248 g/mol. The van der Waals surface area contributed by atoms with Crippen molar-refractivity contribution in [3.63, 3.8) is 0 Å². The van der Waals surface area contributed by atoms with Crippen LogP contribution < -0.4 is 0 Å². The third kappa shape index (κ3) is 1.64. The van der Waals surface area contributed by atoms with Gasteiger partial charge in [-0.05, 0) is 22.9 Å². The van der Waals surface area contributed by atoms with E-state index in [4.69, 9.17) is 4.74 Å². The summed E-state index contributed by atoms with van der Waals surface area (Å²) in [5.74, 6) is -0.348. The topological polar surface area (TPSA) is 55.0 Å². The van der Waals surface area contributed by atoms with Gasteiger partial charge >= 0.3 is 5.97 Å². The van der Waals surface area contributed by atoms with E-state index in [9.17, 15) is 4.79 Å². The van der Waals surface area contributed by atoms with Crippen molar-refractivity contribution < 1.29 is 9.53 Å². The molecule has 0 aliphatic carbocycles. The molecule has 0 spiro atoms. The van der Waals surface area contributed by atoms with Gasteiger partial charge in [0, 0.05) is 6.20 Å². The molecule has 0 amide bonds. The van der Waals surface area contributed by atoms with Crippen molar-refractivity contribution in [2.75, 3.05) is 7.11 Å². The van der Waals surface area contributed by atoms with E-state index >= 15 is 0 Å². The Bertz CT molecular complexity index is 661. The number of allylic oxidation sites excluding steroid dienone is 2. The normalized spacial score (nSPS) is 15.5. The molecule has 1 aliphatic heterocycles. The zero-order valence-corrected chi connectivity index (χ0v) is 10.6. The van der Waals surface area contributed by atoms with E-state index in [1.165, 1.54) is 7.11 Å². The summed E-state index contributed by atoms with van der Waals surface area (Å²) < 4.78 is 4.83. The number of hydrogen-bond acceptors (Lipinski definition) is 3.